The maximum atomic E-state index is 13.8. The second-order valence-electron chi connectivity index (χ2n) is 7.89. The van der Waals surface area contributed by atoms with E-state index < -0.39 is 11.7 Å². The fourth-order valence-corrected chi connectivity index (χ4v) is 4.40. The summed E-state index contributed by atoms with van der Waals surface area (Å²) in [5, 5.41) is 14.7. The molecular formula is C25H28FN5O2S. The molecule has 1 aromatic heterocycles. The average molecular weight is 482 g/mol. The first kappa shape index (κ1) is 25.2. The van der Waals surface area contributed by atoms with Gasteiger partial charge in [-0.15, -0.1) is 16.8 Å². The zero-order valence-corrected chi connectivity index (χ0v) is 20.3. The predicted molar refractivity (Wildman–Crippen MR) is 133 cm³/mol. The van der Waals surface area contributed by atoms with Crippen molar-refractivity contribution in [2.45, 2.75) is 38.9 Å². The van der Waals surface area contributed by atoms with Crippen LogP contribution in [0.1, 0.15) is 32.9 Å². The van der Waals surface area contributed by atoms with E-state index in [1.807, 2.05) is 37.5 Å². The zero-order valence-electron chi connectivity index (χ0n) is 19.5. The Balaban J connectivity index is 1.59. The van der Waals surface area contributed by atoms with Gasteiger partial charge in [-0.2, -0.15) is 0 Å². The molecule has 0 aliphatic heterocycles. The summed E-state index contributed by atoms with van der Waals surface area (Å²) in [5.74, 6) is -0.371. The van der Waals surface area contributed by atoms with Crippen molar-refractivity contribution in [3.8, 4) is 0 Å². The monoisotopic (exact) mass is 481 g/mol. The molecule has 0 unspecified atom stereocenters. The number of aromatic nitrogens is 3. The first-order valence-corrected chi connectivity index (χ1v) is 11.8. The van der Waals surface area contributed by atoms with E-state index in [1.54, 1.807) is 12.1 Å². The second-order valence-corrected chi connectivity index (χ2v) is 8.84. The number of hydrogen-bond donors (Lipinski definition) is 2. The van der Waals surface area contributed by atoms with E-state index in [0.29, 0.717) is 23.9 Å². The number of benzene rings is 2. The Morgan fingerprint density at radius 2 is 1.85 bits per heavy atom. The number of thioether (sulfide) groups is 1. The predicted octanol–water partition coefficient (Wildman–Crippen LogP) is 4.23. The molecule has 0 spiro atoms. The van der Waals surface area contributed by atoms with Gasteiger partial charge >= 0.3 is 0 Å². The number of carbonyl (C=O) groups is 2. The summed E-state index contributed by atoms with van der Waals surface area (Å²) in [5.41, 5.74) is 4.01. The van der Waals surface area contributed by atoms with Crippen molar-refractivity contribution in [2.24, 2.45) is 0 Å². The molecule has 3 rings (SSSR count). The molecule has 0 saturated carbocycles. The molecule has 0 fully saturated rings. The molecule has 3 aromatic rings. The highest BCUT2D eigenvalue weighted by molar-refractivity contribution is 7.99. The number of allylic oxidation sites excluding steroid dienone is 1. The third kappa shape index (κ3) is 6.32. The third-order valence-electron chi connectivity index (χ3n) is 5.13. The second kappa shape index (κ2) is 11.6. The van der Waals surface area contributed by atoms with Crippen molar-refractivity contribution in [3.63, 3.8) is 0 Å². The Labute approximate surface area is 202 Å². The van der Waals surface area contributed by atoms with Crippen molar-refractivity contribution in [2.75, 3.05) is 17.6 Å². The molecule has 2 amide bonds. The number of halogens is 1. The number of anilines is 1. The van der Waals surface area contributed by atoms with Crippen LogP contribution in [-0.4, -0.2) is 38.9 Å². The van der Waals surface area contributed by atoms with Gasteiger partial charge in [-0.3, -0.25) is 9.59 Å². The van der Waals surface area contributed by atoms with Crippen molar-refractivity contribution in [3.05, 3.63) is 82.9 Å². The molecule has 7 nitrogen and oxygen atoms in total. The summed E-state index contributed by atoms with van der Waals surface area (Å²) in [6.45, 7) is 10.5. The van der Waals surface area contributed by atoms with Gasteiger partial charge in [0.25, 0.3) is 5.91 Å². The number of hydrogen-bond acceptors (Lipinski definition) is 5. The molecule has 34 heavy (non-hydrogen) atoms. The standard InChI is InChI=1S/C25H28FN5O2S/c1-5-12-31-21(10-11-27-24(33)19-8-6-7-9-20(19)26)29-30-25(31)34-15-22(32)28-23-17(3)13-16(2)14-18(23)4/h5-9,13-14H,1,10-12,15H2,2-4H3,(H,27,33)(H,28,32). The van der Waals surface area contributed by atoms with E-state index in [2.05, 4.69) is 27.4 Å². The minimum Gasteiger partial charge on any atom is -0.351 e. The van der Waals surface area contributed by atoms with Gasteiger partial charge in [0, 0.05) is 25.2 Å². The maximum Gasteiger partial charge on any atom is 0.254 e. The number of nitrogens with zero attached hydrogens (tertiary/aromatic N) is 3. The Morgan fingerprint density at radius 1 is 1.15 bits per heavy atom. The molecular weight excluding hydrogens is 453 g/mol. The van der Waals surface area contributed by atoms with Crippen LogP contribution < -0.4 is 10.6 Å². The molecule has 0 aliphatic carbocycles. The number of rotatable bonds is 10. The van der Waals surface area contributed by atoms with Gasteiger partial charge in [0.2, 0.25) is 5.91 Å². The smallest absolute Gasteiger partial charge is 0.254 e. The van der Waals surface area contributed by atoms with Crippen molar-refractivity contribution in [1.29, 1.82) is 0 Å². The molecule has 0 radical (unpaired) electrons. The first-order chi connectivity index (χ1) is 16.3. The molecule has 2 aromatic carbocycles. The van der Waals surface area contributed by atoms with Crippen LogP contribution in [0.15, 0.2) is 54.2 Å². The number of aryl methyl sites for hydroxylation is 3. The Kier molecular flexibility index (Phi) is 8.59. The molecule has 0 atom stereocenters. The van der Waals surface area contributed by atoms with Crippen LogP contribution in [0.4, 0.5) is 10.1 Å². The van der Waals surface area contributed by atoms with Gasteiger partial charge in [0.05, 0.1) is 11.3 Å². The van der Waals surface area contributed by atoms with Crippen molar-refractivity contribution < 1.29 is 14.0 Å². The van der Waals surface area contributed by atoms with Gasteiger partial charge in [-0.25, -0.2) is 4.39 Å². The van der Waals surface area contributed by atoms with Gasteiger partial charge in [-0.05, 0) is 44.0 Å². The van der Waals surface area contributed by atoms with Gasteiger partial charge in [0.15, 0.2) is 5.16 Å². The minimum atomic E-state index is -0.567. The van der Waals surface area contributed by atoms with Crippen LogP contribution >= 0.6 is 11.8 Å². The van der Waals surface area contributed by atoms with E-state index in [-0.39, 0.29) is 23.8 Å². The van der Waals surface area contributed by atoms with Crippen LogP contribution in [-0.2, 0) is 17.8 Å². The van der Waals surface area contributed by atoms with E-state index in [9.17, 15) is 14.0 Å². The molecule has 2 N–H and O–H groups in total. The lowest BCUT2D eigenvalue weighted by molar-refractivity contribution is -0.113. The maximum absolute atomic E-state index is 13.8. The van der Waals surface area contributed by atoms with Crippen LogP contribution in [0.3, 0.4) is 0 Å². The Morgan fingerprint density at radius 3 is 2.53 bits per heavy atom. The molecule has 1 heterocycles. The van der Waals surface area contributed by atoms with Crippen LogP contribution in [0, 0.1) is 26.6 Å². The number of nitrogens with one attached hydrogen (secondary N) is 2. The average Bonchev–Trinajstić information content (AvgIpc) is 3.16. The highest BCUT2D eigenvalue weighted by atomic mass is 32.2. The minimum absolute atomic E-state index is 0.00337. The van der Waals surface area contributed by atoms with E-state index in [4.69, 9.17) is 0 Å². The van der Waals surface area contributed by atoms with Gasteiger partial charge < -0.3 is 15.2 Å². The highest BCUT2D eigenvalue weighted by Crippen LogP contribution is 2.23. The number of amides is 2. The van der Waals surface area contributed by atoms with Crippen molar-refractivity contribution in [1.82, 2.24) is 20.1 Å². The highest BCUT2D eigenvalue weighted by Gasteiger charge is 2.16. The lowest BCUT2D eigenvalue weighted by Gasteiger charge is -2.13. The lowest BCUT2D eigenvalue weighted by Crippen LogP contribution is -2.27. The van der Waals surface area contributed by atoms with E-state index in [0.717, 1.165) is 22.4 Å². The first-order valence-electron chi connectivity index (χ1n) is 10.9. The van der Waals surface area contributed by atoms with E-state index >= 15 is 0 Å². The molecule has 178 valence electrons. The Bertz CT molecular complexity index is 1180. The van der Waals surface area contributed by atoms with Gasteiger partial charge in [-0.1, -0.05) is 47.7 Å². The molecule has 9 heteroatoms. The van der Waals surface area contributed by atoms with Crippen LogP contribution in [0.5, 0.6) is 0 Å². The summed E-state index contributed by atoms with van der Waals surface area (Å²) in [6.07, 6.45) is 2.11. The SMILES string of the molecule is C=CCn1c(CCNC(=O)c2ccccc2F)nnc1SCC(=O)Nc1c(C)cc(C)cc1C. The summed E-state index contributed by atoms with van der Waals surface area (Å²) >= 11 is 1.28. The van der Waals surface area contributed by atoms with Crippen LogP contribution in [0.2, 0.25) is 0 Å². The van der Waals surface area contributed by atoms with Crippen LogP contribution in [0.25, 0.3) is 0 Å². The number of carbonyl (C=O) groups excluding carboxylic acids is 2. The lowest BCUT2D eigenvalue weighted by atomic mass is 10.1. The summed E-state index contributed by atoms with van der Waals surface area (Å²) in [7, 11) is 0. The summed E-state index contributed by atoms with van der Waals surface area (Å²) < 4.78 is 15.6. The largest absolute Gasteiger partial charge is 0.351 e. The molecule has 0 aliphatic rings. The van der Waals surface area contributed by atoms with Gasteiger partial charge in [0.1, 0.15) is 11.6 Å². The zero-order chi connectivity index (χ0) is 24.7. The fraction of sp³-hybridized carbons (Fsp3) is 0.280. The van der Waals surface area contributed by atoms with E-state index in [1.165, 1.54) is 30.0 Å². The molecule has 0 saturated heterocycles. The summed E-state index contributed by atoms with van der Waals surface area (Å²) in [4.78, 5) is 24.8. The normalized spacial score (nSPS) is 10.7. The third-order valence-corrected chi connectivity index (χ3v) is 6.10. The van der Waals surface area contributed by atoms with Crippen molar-refractivity contribution >= 4 is 29.3 Å². The topological polar surface area (TPSA) is 88.9 Å². The Hall–Kier alpha value is -3.46. The quantitative estimate of drug-likeness (QED) is 0.334. The fourth-order valence-electron chi connectivity index (χ4n) is 3.63. The summed E-state index contributed by atoms with van der Waals surface area (Å²) in [6, 6.07) is 9.90. The molecule has 0 bridgehead atoms.